The van der Waals surface area contributed by atoms with Crippen LogP contribution >= 0.6 is 0 Å². The number of hydrogen-bond donors (Lipinski definition) is 1. The Kier molecular flexibility index (Phi) is 9.53. The topological polar surface area (TPSA) is 55.8 Å². The van der Waals surface area contributed by atoms with Crippen molar-refractivity contribution in [2.24, 2.45) is 52.3 Å². The van der Waals surface area contributed by atoms with Crippen LogP contribution in [0.15, 0.2) is 12.2 Å². The molecule has 37 heavy (non-hydrogen) atoms. The SMILES string of the molecule is C=C(COCCO)C(=O)O[C@H]1CC[C@@]2(C)C(CC[C@@H]3C2CC[C@@]2(C)C3CC[C@@H]2[C@H](C)CCCC(C)C)C1. The van der Waals surface area contributed by atoms with Crippen molar-refractivity contribution >= 4 is 5.97 Å². The zero-order chi connectivity index (χ0) is 26.8. The van der Waals surface area contributed by atoms with Gasteiger partial charge < -0.3 is 14.6 Å². The number of aliphatic hydroxyl groups is 1. The molecule has 0 aromatic carbocycles. The minimum Gasteiger partial charge on any atom is -0.459 e. The van der Waals surface area contributed by atoms with Gasteiger partial charge in [0.2, 0.25) is 0 Å². The third-order valence-corrected chi connectivity index (χ3v) is 11.9. The first-order valence-corrected chi connectivity index (χ1v) is 15.7. The summed E-state index contributed by atoms with van der Waals surface area (Å²) in [6, 6.07) is 0. The van der Waals surface area contributed by atoms with E-state index >= 15 is 0 Å². The summed E-state index contributed by atoms with van der Waals surface area (Å²) in [7, 11) is 0. The van der Waals surface area contributed by atoms with E-state index in [0.717, 1.165) is 48.3 Å². The Morgan fingerprint density at radius 3 is 2.43 bits per heavy atom. The van der Waals surface area contributed by atoms with E-state index < -0.39 is 0 Å². The van der Waals surface area contributed by atoms with E-state index in [1.54, 1.807) is 0 Å². The summed E-state index contributed by atoms with van der Waals surface area (Å²) in [6.45, 7) is 16.7. The van der Waals surface area contributed by atoms with Crippen molar-refractivity contribution in [3.63, 3.8) is 0 Å². The van der Waals surface area contributed by atoms with Crippen LogP contribution in [0, 0.1) is 52.3 Å². The Morgan fingerprint density at radius 2 is 1.70 bits per heavy atom. The summed E-state index contributed by atoms with van der Waals surface area (Å²) in [6.07, 6.45) is 15.8. The molecule has 0 aliphatic heterocycles. The van der Waals surface area contributed by atoms with Gasteiger partial charge in [-0.25, -0.2) is 4.79 Å². The Bertz CT molecular complexity index is 791. The molecule has 0 aromatic rings. The number of hydrogen-bond acceptors (Lipinski definition) is 4. The first kappa shape index (κ1) is 29.1. The number of aliphatic hydroxyl groups excluding tert-OH is 1. The van der Waals surface area contributed by atoms with Crippen LogP contribution in [0.5, 0.6) is 0 Å². The van der Waals surface area contributed by atoms with Gasteiger partial charge in [-0.05, 0) is 110 Å². The molecule has 0 saturated heterocycles. The van der Waals surface area contributed by atoms with Crippen molar-refractivity contribution in [2.75, 3.05) is 19.8 Å². The molecule has 4 aliphatic carbocycles. The number of carbonyl (C=O) groups is 1. The van der Waals surface area contributed by atoms with Crippen molar-refractivity contribution in [2.45, 2.75) is 118 Å². The summed E-state index contributed by atoms with van der Waals surface area (Å²) in [5.74, 6) is 5.61. The summed E-state index contributed by atoms with van der Waals surface area (Å²) < 4.78 is 11.2. The van der Waals surface area contributed by atoms with Crippen LogP contribution in [-0.4, -0.2) is 37.0 Å². The van der Waals surface area contributed by atoms with Gasteiger partial charge in [0.25, 0.3) is 0 Å². The lowest BCUT2D eigenvalue weighted by molar-refractivity contribution is -0.159. The van der Waals surface area contributed by atoms with Gasteiger partial charge >= 0.3 is 5.97 Å². The van der Waals surface area contributed by atoms with Crippen LogP contribution in [0.4, 0.5) is 0 Å². The Morgan fingerprint density at radius 1 is 0.973 bits per heavy atom. The highest BCUT2D eigenvalue weighted by atomic mass is 16.5. The molecule has 0 radical (unpaired) electrons. The van der Waals surface area contributed by atoms with Gasteiger partial charge in [-0.15, -0.1) is 0 Å². The average molecular weight is 517 g/mol. The van der Waals surface area contributed by atoms with Crippen molar-refractivity contribution in [1.82, 2.24) is 0 Å². The fourth-order valence-electron chi connectivity index (χ4n) is 9.90. The highest BCUT2D eigenvalue weighted by molar-refractivity contribution is 5.88. The van der Waals surface area contributed by atoms with E-state index in [-0.39, 0.29) is 31.9 Å². The second kappa shape index (κ2) is 12.1. The smallest absolute Gasteiger partial charge is 0.336 e. The number of carbonyl (C=O) groups excluding carboxylic acids is 1. The minimum atomic E-state index is -0.326. The van der Waals surface area contributed by atoms with Crippen LogP contribution < -0.4 is 0 Å². The number of esters is 1. The molecule has 0 spiro atoms. The molecule has 4 rings (SSSR count). The maximum Gasteiger partial charge on any atom is 0.336 e. The van der Waals surface area contributed by atoms with Crippen LogP contribution in [0.2, 0.25) is 0 Å². The quantitative estimate of drug-likeness (QED) is 0.175. The molecule has 4 aliphatic rings. The zero-order valence-electron chi connectivity index (χ0n) is 24.6. The highest BCUT2D eigenvalue weighted by Gasteiger charge is 2.60. The molecule has 4 fully saturated rings. The van der Waals surface area contributed by atoms with Crippen LogP contribution in [0.25, 0.3) is 0 Å². The predicted octanol–water partition coefficient (Wildman–Crippen LogP) is 7.58. The monoisotopic (exact) mass is 516 g/mol. The molecule has 4 heteroatoms. The summed E-state index contributed by atoms with van der Waals surface area (Å²) in [5.41, 5.74) is 1.30. The maximum atomic E-state index is 12.6. The molecule has 4 saturated carbocycles. The standard InChI is InChI=1S/C33H56O4/c1-22(2)8-7-9-23(3)28-12-13-29-27-11-10-25-20-26(37-31(35)24(4)21-36-19-18-34)14-16-32(25,5)30(27)15-17-33(28,29)6/h22-23,25-30,34H,4,7-21H2,1-3,5-6H3/t23-,25?,26+,27+,28-,29?,30?,32+,33-/m1/s1. The molecule has 9 atom stereocenters. The largest absolute Gasteiger partial charge is 0.459 e. The first-order valence-electron chi connectivity index (χ1n) is 15.7. The van der Waals surface area contributed by atoms with Crippen molar-refractivity contribution in [3.05, 3.63) is 12.2 Å². The van der Waals surface area contributed by atoms with Crippen LogP contribution in [0.1, 0.15) is 112 Å². The molecule has 0 aromatic heterocycles. The molecule has 1 N–H and O–H groups in total. The second-order valence-corrected chi connectivity index (χ2v) is 14.4. The molecule has 3 unspecified atom stereocenters. The van der Waals surface area contributed by atoms with E-state index in [1.165, 1.54) is 64.2 Å². The molecular weight excluding hydrogens is 460 g/mol. The number of rotatable bonds is 11. The average Bonchev–Trinajstić information content (AvgIpc) is 3.21. The lowest BCUT2D eigenvalue weighted by Gasteiger charge is -2.61. The third-order valence-electron chi connectivity index (χ3n) is 11.9. The van der Waals surface area contributed by atoms with Crippen molar-refractivity contribution in [1.29, 1.82) is 0 Å². The minimum absolute atomic E-state index is 0.00752. The zero-order valence-corrected chi connectivity index (χ0v) is 24.6. The summed E-state index contributed by atoms with van der Waals surface area (Å²) in [5, 5.41) is 8.87. The fourth-order valence-corrected chi connectivity index (χ4v) is 9.90. The molecule has 0 amide bonds. The molecular formula is C33H56O4. The van der Waals surface area contributed by atoms with Crippen LogP contribution in [0.3, 0.4) is 0 Å². The maximum absolute atomic E-state index is 12.6. The molecule has 0 bridgehead atoms. The van der Waals surface area contributed by atoms with Gasteiger partial charge in [-0.1, -0.05) is 60.5 Å². The fraction of sp³-hybridized carbons (Fsp3) is 0.909. The van der Waals surface area contributed by atoms with Gasteiger partial charge in [0.05, 0.1) is 25.4 Å². The van der Waals surface area contributed by atoms with Gasteiger partial charge in [0.15, 0.2) is 0 Å². The van der Waals surface area contributed by atoms with E-state index in [2.05, 4.69) is 41.2 Å². The van der Waals surface area contributed by atoms with Gasteiger partial charge in [0, 0.05) is 0 Å². The van der Waals surface area contributed by atoms with E-state index in [4.69, 9.17) is 14.6 Å². The number of ether oxygens (including phenoxy) is 2. The highest BCUT2D eigenvalue weighted by Crippen LogP contribution is 2.68. The lowest BCUT2D eigenvalue weighted by Crippen LogP contribution is -2.54. The Hall–Kier alpha value is -0.870. The van der Waals surface area contributed by atoms with E-state index in [9.17, 15) is 4.79 Å². The first-order chi connectivity index (χ1) is 17.6. The third kappa shape index (κ3) is 6.01. The van der Waals surface area contributed by atoms with Gasteiger partial charge in [0.1, 0.15) is 6.10 Å². The van der Waals surface area contributed by atoms with E-state index in [0.29, 0.717) is 22.3 Å². The van der Waals surface area contributed by atoms with Crippen molar-refractivity contribution < 1.29 is 19.4 Å². The predicted molar refractivity (Wildman–Crippen MR) is 150 cm³/mol. The van der Waals surface area contributed by atoms with E-state index in [1.807, 2.05) is 0 Å². The molecule has 4 nitrogen and oxygen atoms in total. The van der Waals surface area contributed by atoms with Crippen LogP contribution in [-0.2, 0) is 14.3 Å². The number of fused-ring (bicyclic) bond motifs is 5. The Labute approximate surface area is 227 Å². The summed E-state index contributed by atoms with van der Waals surface area (Å²) in [4.78, 5) is 12.6. The second-order valence-electron chi connectivity index (χ2n) is 14.4. The normalized spacial score (nSPS) is 40.0. The lowest BCUT2D eigenvalue weighted by atomic mass is 9.44. The molecule has 0 heterocycles. The van der Waals surface area contributed by atoms with Gasteiger partial charge in [-0.2, -0.15) is 0 Å². The summed E-state index contributed by atoms with van der Waals surface area (Å²) >= 11 is 0. The van der Waals surface area contributed by atoms with Gasteiger partial charge in [-0.3, -0.25) is 0 Å². The van der Waals surface area contributed by atoms with Crippen molar-refractivity contribution in [3.8, 4) is 0 Å². The molecule has 212 valence electrons. The Balaban J connectivity index is 1.35.